The summed E-state index contributed by atoms with van der Waals surface area (Å²) in [6.07, 6.45) is 0.281. The number of carboxylic acids is 1. The van der Waals surface area contributed by atoms with Crippen LogP contribution in [0.4, 0.5) is 0 Å². The van der Waals surface area contributed by atoms with Crippen LogP contribution in [-0.2, 0) is 31.0 Å². The zero-order valence-electron chi connectivity index (χ0n) is 16.8. The van der Waals surface area contributed by atoms with Crippen LogP contribution in [0, 0.1) is 3.57 Å². The molecule has 0 heterocycles. The molecule has 1 atom stereocenters. The number of aliphatic carboxylic acids is 1. The molecule has 0 fully saturated rings. The van der Waals surface area contributed by atoms with Crippen LogP contribution in [-0.4, -0.2) is 36.2 Å². The van der Waals surface area contributed by atoms with Gasteiger partial charge in [0, 0.05) is 15.6 Å². The minimum atomic E-state index is -3.24. The van der Waals surface area contributed by atoms with Gasteiger partial charge in [-0.25, -0.2) is 4.79 Å². The predicted octanol–water partition coefficient (Wildman–Crippen LogP) is 4.48. The molecule has 0 bridgehead atoms. The quantitative estimate of drug-likeness (QED) is 0.319. The Morgan fingerprint density at radius 1 is 1.00 bits per heavy atom. The number of rotatable bonds is 11. The molecular formula is C21H25INO6P. The number of amides is 1. The first-order valence-electron chi connectivity index (χ1n) is 9.51. The van der Waals surface area contributed by atoms with Crippen molar-refractivity contribution in [3.63, 3.8) is 0 Å². The molecule has 0 unspecified atom stereocenters. The summed E-state index contributed by atoms with van der Waals surface area (Å²) in [6.45, 7) is 4.03. The van der Waals surface area contributed by atoms with Crippen LogP contribution in [0.25, 0.3) is 0 Å². The van der Waals surface area contributed by atoms with Gasteiger partial charge in [-0.1, -0.05) is 24.3 Å². The van der Waals surface area contributed by atoms with Crippen molar-refractivity contribution in [3.05, 3.63) is 68.8 Å². The first-order chi connectivity index (χ1) is 14.3. The second-order valence-corrected chi connectivity index (χ2v) is 9.80. The van der Waals surface area contributed by atoms with E-state index in [-0.39, 0.29) is 25.8 Å². The van der Waals surface area contributed by atoms with Crippen molar-refractivity contribution in [3.8, 4) is 0 Å². The van der Waals surface area contributed by atoms with Crippen LogP contribution < -0.4 is 5.32 Å². The Morgan fingerprint density at radius 2 is 1.53 bits per heavy atom. The van der Waals surface area contributed by atoms with Crippen LogP contribution in [0.1, 0.15) is 35.3 Å². The lowest BCUT2D eigenvalue weighted by molar-refractivity contribution is -0.139. The van der Waals surface area contributed by atoms with Crippen LogP contribution in [0.15, 0.2) is 48.5 Å². The van der Waals surface area contributed by atoms with E-state index in [4.69, 9.17) is 9.05 Å². The summed E-state index contributed by atoms with van der Waals surface area (Å²) in [5, 5.41) is 12.0. The molecule has 9 heteroatoms. The predicted molar refractivity (Wildman–Crippen MR) is 123 cm³/mol. The third-order valence-electron chi connectivity index (χ3n) is 4.20. The van der Waals surface area contributed by atoms with Crippen molar-refractivity contribution >= 4 is 42.1 Å². The monoisotopic (exact) mass is 545 g/mol. The Bertz CT molecular complexity index is 891. The van der Waals surface area contributed by atoms with Crippen LogP contribution in [0.3, 0.4) is 0 Å². The van der Waals surface area contributed by atoms with E-state index >= 15 is 0 Å². The van der Waals surface area contributed by atoms with Gasteiger partial charge in [-0.3, -0.25) is 9.36 Å². The average molecular weight is 545 g/mol. The van der Waals surface area contributed by atoms with E-state index in [1.165, 1.54) is 0 Å². The van der Waals surface area contributed by atoms with Crippen molar-refractivity contribution in [2.75, 3.05) is 13.2 Å². The Kier molecular flexibility index (Phi) is 9.48. The van der Waals surface area contributed by atoms with Gasteiger partial charge in [0.2, 0.25) is 0 Å². The highest BCUT2D eigenvalue weighted by molar-refractivity contribution is 14.1. The fourth-order valence-corrected chi connectivity index (χ4v) is 4.87. The highest BCUT2D eigenvalue weighted by atomic mass is 127. The molecule has 0 aliphatic rings. The molecule has 0 spiro atoms. The number of nitrogens with one attached hydrogen (secondary N) is 1. The summed E-state index contributed by atoms with van der Waals surface area (Å²) in [4.78, 5) is 24.1. The average Bonchev–Trinajstić information content (AvgIpc) is 2.69. The van der Waals surface area contributed by atoms with E-state index in [2.05, 4.69) is 27.9 Å². The van der Waals surface area contributed by atoms with E-state index < -0.39 is 25.5 Å². The largest absolute Gasteiger partial charge is 0.480 e. The standard InChI is InChI=1S/C21H25INO6P/c1-3-28-30(27,29-4-2)14-16-5-9-17(10-6-16)20(24)23-19(21(25)26)13-15-7-11-18(22)12-8-15/h5-12,19H,3-4,13-14H2,1-2H3,(H,23,24)(H,25,26)/t19-/m1/s1. The third kappa shape index (κ3) is 7.50. The van der Waals surface area contributed by atoms with Gasteiger partial charge in [-0.15, -0.1) is 0 Å². The van der Waals surface area contributed by atoms with Gasteiger partial charge in [-0.2, -0.15) is 0 Å². The van der Waals surface area contributed by atoms with E-state index in [0.29, 0.717) is 11.1 Å². The maximum atomic E-state index is 12.6. The molecule has 2 rings (SSSR count). The number of benzene rings is 2. The molecule has 2 aromatic carbocycles. The molecule has 7 nitrogen and oxygen atoms in total. The number of halogens is 1. The number of carbonyl (C=O) groups excluding carboxylic acids is 1. The van der Waals surface area contributed by atoms with E-state index in [1.54, 1.807) is 38.1 Å². The summed E-state index contributed by atoms with van der Waals surface area (Å²) in [7, 11) is -3.24. The van der Waals surface area contributed by atoms with E-state index in [0.717, 1.165) is 9.13 Å². The number of hydrogen-bond acceptors (Lipinski definition) is 5. The van der Waals surface area contributed by atoms with Crippen molar-refractivity contribution in [1.29, 1.82) is 0 Å². The Balaban J connectivity index is 2.05. The fourth-order valence-electron chi connectivity index (χ4n) is 2.80. The topological polar surface area (TPSA) is 102 Å². The minimum Gasteiger partial charge on any atom is -0.480 e. The lowest BCUT2D eigenvalue weighted by atomic mass is 10.1. The van der Waals surface area contributed by atoms with Crippen LogP contribution in [0.5, 0.6) is 0 Å². The maximum absolute atomic E-state index is 12.6. The maximum Gasteiger partial charge on any atom is 0.335 e. The summed E-state index contributed by atoms with van der Waals surface area (Å²) < 4.78 is 24.2. The van der Waals surface area contributed by atoms with E-state index in [1.807, 2.05) is 24.3 Å². The lowest BCUT2D eigenvalue weighted by Gasteiger charge is -2.17. The molecular weight excluding hydrogens is 520 g/mol. The van der Waals surface area contributed by atoms with Gasteiger partial charge in [-0.05, 0) is 71.8 Å². The Morgan fingerprint density at radius 3 is 2.03 bits per heavy atom. The van der Waals surface area contributed by atoms with Crippen LogP contribution >= 0.6 is 30.2 Å². The molecule has 0 saturated carbocycles. The SMILES string of the molecule is CCOP(=O)(Cc1ccc(C(=O)N[C@H](Cc2ccc(I)cc2)C(=O)O)cc1)OCC. The molecule has 2 N–H and O–H groups in total. The smallest absolute Gasteiger partial charge is 0.335 e. The number of hydrogen-bond donors (Lipinski definition) is 2. The highest BCUT2D eigenvalue weighted by Crippen LogP contribution is 2.51. The Labute approximate surface area is 189 Å². The molecule has 162 valence electrons. The van der Waals surface area contributed by atoms with Crippen molar-refractivity contribution in [2.24, 2.45) is 0 Å². The summed E-state index contributed by atoms with van der Waals surface area (Å²) in [5.74, 6) is -1.59. The van der Waals surface area contributed by atoms with Gasteiger partial charge in [0.25, 0.3) is 5.91 Å². The summed E-state index contributed by atoms with van der Waals surface area (Å²) in [6, 6.07) is 12.9. The molecule has 0 aromatic heterocycles. The first kappa shape index (κ1) is 24.5. The molecule has 0 aliphatic carbocycles. The van der Waals surface area contributed by atoms with Gasteiger partial charge < -0.3 is 19.5 Å². The van der Waals surface area contributed by atoms with Gasteiger partial charge in [0.05, 0.1) is 19.4 Å². The minimum absolute atomic E-state index is 0.0983. The molecule has 30 heavy (non-hydrogen) atoms. The molecule has 1 amide bonds. The second-order valence-electron chi connectivity index (χ2n) is 6.50. The van der Waals surface area contributed by atoms with Gasteiger partial charge in [0.1, 0.15) is 6.04 Å². The van der Waals surface area contributed by atoms with E-state index in [9.17, 15) is 19.3 Å². The molecule has 2 aromatic rings. The van der Waals surface area contributed by atoms with Crippen LogP contribution in [0.2, 0.25) is 0 Å². The molecule has 0 aliphatic heterocycles. The number of carboxylic acid groups (broad SMARTS) is 1. The zero-order valence-corrected chi connectivity index (χ0v) is 19.9. The number of carbonyl (C=O) groups is 2. The fraction of sp³-hybridized carbons (Fsp3) is 0.333. The Hall–Kier alpha value is -1.74. The van der Waals surface area contributed by atoms with Crippen molar-refractivity contribution in [2.45, 2.75) is 32.5 Å². The highest BCUT2D eigenvalue weighted by Gasteiger charge is 2.25. The summed E-state index contributed by atoms with van der Waals surface area (Å²) >= 11 is 2.17. The van der Waals surface area contributed by atoms with Crippen molar-refractivity contribution < 1.29 is 28.3 Å². The molecule has 0 saturated heterocycles. The normalized spacial score (nSPS) is 12.4. The summed E-state index contributed by atoms with van der Waals surface area (Å²) in [5.41, 5.74) is 1.83. The van der Waals surface area contributed by atoms with Gasteiger partial charge in [0.15, 0.2) is 0 Å². The van der Waals surface area contributed by atoms with Gasteiger partial charge >= 0.3 is 13.6 Å². The molecule has 0 radical (unpaired) electrons. The zero-order chi connectivity index (χ0) is 22.1. The lowest BCUT2D eigenvalue weighted by Crippen LogP contribution is -2.42. The van der Waals surface area contributed by atoms with Crippen molar-refractivity contribution in [1.82, 2.24) is 5.32 Å². The second kappa shape index (κ2) is 11.6. The first-order valence-corrected chi connectivity index (χ1v) is 12.3. The third-order valence-corrected chi connectivity index (χ3v) is 6.98.